The third-order valence-electron chi connectivity index (χ3n) is 5.61. The second-order valence-corrected chi connectivity index (χ2v) is 10.7. The summed E-state index contributed by atoms with van der Waals surface area (Å²) < 4.78 is 51.7. The van der Waals surface area contributed by atoms with Gasteiger partial charge < -0.3 is 18.9 Å². The van der Waals surface area contributed by atoms with E-state index in [1.807, 2.05) is 26.0 Å². The Labute approximate surface area is 216 Å². The van der Waals surface area contributed by atoms with Gasteiger partial charge in [0.1, 0.15) is 12.2 Å². The van der Waals surface area contributed by atoms with E-state index in [4.69, 9.17) is 23.1 Å². The van der Waals surface area contributed by atoms with Crippen molar-refractivity contribution in [1.29, 1.82) is 0 Å². The Morgan fingerprint density at radius 3 is 1.74 bits per heavy atom. The van der Waals surface area contributed by atoms with Crippen molar-refractivity contribution in [3.8, 4) is 0 Å². The fourth-order valence-electron chi connectivity index (χ4n) is 3.82. The maximum Gasteiger partial charge on any atom is 0.264 e. The lowest BCUT2D eigenvalue weighted by Gasteiger charge is -2.27. The van der Waals surface area contributed by atoms with E-state index < -0.39 is 34.9 Å². The van der Waals surface area contributed by atoms with Crippen LogP contribution >= 0.6 is 0 Å². The van der Waals surface area contributed by atoms with Crippen molar-refractivity contribution in [1.82, 2.24) is 0 Å². The van der Waals surface area contributed by atoms with Crippen molar-refractivity contribution in [3.63, 3.8) is 0 Å². The van der Waals surface area contributed by atoms with E-state index in [0.717, 1.165) is 19.1 Å². The number of hydrogen-bond acceptors (Lipinski definition) is 7. The average molecular weight is 523 g/mol. The smallest absolute Gasteiger partial charge is 0.264 e. The molecule has 7 nitrogen and oxygen atoms in total. The van der Waals surface area contributed by atoms with Crippen LogP contribution in [0.3, 0.4) is 0 Å². The van der Waals surface area contributed by atoms with E-state index >= 15 is 0 Å². The van der Waals surface area contributed by atoms with Crippen molar-refractivity contribution in [2.75, 3.05) is 26.1 Å². The van der Waals surface area contributed by atoms with Crippen LogP contribution in [-0.4, -0.2) is 59.3 Å². The van der Waals surface area contributed by atoms with Crippen LogP contribution in [0.1, 0.15) is 112 Å². The van der Waals surface area contributed by atoms with Crippen molar-refractivity contribution in [3.05, 3.63) is 12.2 Å². The van der Waals surface area contributed by atoms with Gasteiger partial charge in [-0.2, -0.15) is 8.42 Å². The van der Waals surface area contributed by atoms with Gasteiger partial charge in [-0.05, 0) is 40.5 Å². The van der Waals surface area contributed by atoms with Crippen LogP contribution in [0, 0.1) is 0 Å². The molecule has 0 aliphatic heterocycles. The van der Waals surface area contributed by atoms with E-state index in [0.29, 0.717) is 13.2 Å². The molecule has 0 saturated carbocycles. The molecule has 0 N–H and O–H groups in total. The van der Waals surface area contributed by atoms with Gasteiger partial charge in [0.25, 0.3) is 10.1 Å². The van der Waals surface area contributed by atoms with Crippen LogP contribution in [0.4, 0.5) is 0 Å². The molecule has 0 aromatic heterocycles. The van der Waals surface area contributed by atoms with Gasteiger partial charge in [0.2, 0.25) is 0 Å². The molecule has 0 radical (unpaired) electrons. The maximum atomic E-state index is 11.9. The average Bonchev–Trinajstić information content (AvgIpc) is 2.78. The Hall–Kier alpha value is -0.510. The van der Waals surface area contributed by atoms with Crippen LogP contribution in [0.2, 0.25) is 0 Å². The molecule has 0 bridgehead atoms. The molecular formula is C27H54O7S. The quantitative estimate of drug-likeness (QED) is 0.0567. The van der Waals surface area contributed by atoms with Gasteiger partial charge in [-0.1, -0.05) is 83.3 Å². The lowest BCUT2D eigenvalue weighted by Crippen LogP contribution is -2.39. The van der Waals surface area contributed by atoms with Crippen LogP contribution in [0.15, 0.2) is 12.2 Å². The van der Waals surface area contributed by atoms with Gasteiger partial charge in [-0.15, -0.1) is 0 Å². The highest BCUT2D eigenvalue weighted by molar-refractivity contribution is 7.86. The van der Waals surface area contributed by atoms with Crippen LogP contribution in [0.25, 0.3) is 0 Å². The third kappa shape index (κ3) is 22.4. The van der Waals surface area contributed by atoms with E-state index in [1.165, 1.54) is 64.2 Å². The van der Waals surface area contributed by atoms with Gasteiger partial charge in [-0.3, -0.25) is 4.18 Å². The summed E-state index contributed by atoms with van der Waals surface area (Å²) in [6.45, 7) is 10.6. The summed E-state index contributed by atoms with van der Waals surface area (Å²) in [5.74, 6) is 0. The molecule has 0 aliphatic rings. The monoisotopic (exact) mass is 522 g/mol. The molecule has 8 heteroatoms. The molecule has 0 spiro atoms. The first-order chi connectivity index (χ1) is 16.7. The van der Waals surface area contributed by atoms with E-state index in [2.05, 4.69) is 6.92 Å². The van der Waals surface area contributed by atoms with Gasteiger partial charge in [0.05, 0.1) is 12.9 Å². The van der Waals surface area contributed by atoms with Gasteiger partial charge >= 0.3 is 0 Å². The molecule has 0 aromatic rings. The summed E-state index contributed by atoms with van der Waals surface area (Å²) in [7, 11) is -3.71. The van der Waals surface area contributed by atoms with Crippen molar-refractivity contribution in [2.24, 2.45) is 0 Å². The van der Waals surface area contributed by atoms with E-state index in [-0.39, 0.29) is 6.61 Å². The first kappa shape index (κ1) is 34.5. The number of unbranched alkanes of at least 4 members (excludes halogenated alkanes) is 11. The second kappa shape index (κ2) is 22.7. The second-order valence-electron chi connectivity index (χ2n) is 9.07. The highest BCUT2D eigenvalue weighted by Gasteiger charge is 2.28. The van der Waals surface area contributed by atoms with Crippen molar-refractivity contribution >= 4 is 10.1 Å². The van der Waals surface area contributed by atoms with Gasteiger partial charge in [0, 0.05) is 13.2 Å². The molecule has 210 valence electrons. The number of allylic oxidation sites excluding steroid dienone is 1. The molecule has 0 saturated heterocycles. The normalized spacial score (nSPS) is 15.9. The van der Waals surface area contributed by atoms with E-state index in [1.54, 1.807) is 13.8 Å². The summed E-state index contributed by atoms with van der Waals surface area (Å²) in [4.78, 5) is 0. The molecule has 0 amide bonds. The van der Waals surface area contributed by atoms with Crippen LogP contribution in [-0.2, 0) is 33.2 Å². The maximum absolute atomic E-state index is 11.9. The molecule has 0 aliphatic carbocycles. The molecule has 0 rings (SSSR count). The highest BCUT2D eigenvalue weighted by Crippen LogP contribution is 2.16. The number of hydrogen-bond donors (Lipinski definition) is 0. The minimum atomic E-state index is -3.71. The Bertz CT molecular complexity index is 594. The summed E-state index contributed by atoms with van der Waals surface area (Å²) in [5, 5.41) is 0. The fraction of sp³-hybridized carbons (Fsp3) is 0.926. The Morgan fingerprint density at radius 2 is 1.23 bits per heavy atom. The first-order valence-corrected chi connectivity index (χ1v) is 15.6. The minimum Gasteiger partial charge on any atom is -0.353 e. The summed E-state index contributed by atoms with van der Waals surface area (Å²) in [5.41, 5.74) is 0. The predicted molar refractivity (Wildman–Crippen MR) is 143 cm³/mol. The Balaban J connectivity index is 4.65. The standard InChI is InChI=1S/C27H54O7S/c1-7-10-11-12-13-14-15-16-17-18-19-20-21-22-26(33-25(5)31-9-3)27(34-35(6,28)29)23-32-24(4)30-8-2/h21-22,24-27H,7-20,23H2,1-6H3. The molecule has 0 heterocycles. The lowest BCUT2D eigenvalue weighted by molar-refractivity contribution is -0.186. The highest BCUT2D eigenvalue weighted by atomic mass is 32.2. The number of ether oxygens (including phenoxy) is 4. The third-order valence-corrected chi connectivity index (χ3v) is 6.21. The molecular weight excluding hydrogens is 468 g/mol. The summed E-state index contributed by atoms with van der Waals surface area (Å²) >= 11 is 0. The van der Waals surface area contributed by atoms with Crippen molar-refractivity contribution < 1.29 is 31.5 Å². The largest absolute Gasteiger partial charge is 0.353 e. The molecule has 4 atom stereocenters. The molecule has 0 aromatic carbocycles. The minimum absolute atomic E-state index is 0.0144. The Morgan fingerprint density at radius 1 is 0.714 bits per heavy atom. The molecule has 35 heavy (non-hydrogen) atoms. The fourth-order valence-corrected chi connectivity index (χ4v) is 4.44. The zero-order chi connectivity index (χ0) is 26.4. The van der Waals surface area contributed by atoms with Crippen LogP contribution in [0.5, 0.6) is 0 Å². The molecule has 0 fully saturated rings. The summed E-state index contributed by atoms with van der Waals surface area (Å²) in [6, 6.07) is 0. The summed E-state index contributed by atoms with van der Waals surface area (Å²) in [6.07, 6.45) is 17.7. The first-order valence-electron chi connectivity index (χ1n) is 13.8. The topological polar surface area (TPSA) is 80.3 Å². The zero-order valence-corrected chi connectivity index (χ0v) is 24.2. The molecule has 4 unspecified atom stereocenters. The van der Waals surface area contributed by atoms with Gasteiger partial charge in [0.15, 0.2) is 12.6 Å². The van der Waals surface area contributed by atoms with E-state index in [9.17, 15) is 8.42 Å². The SMILES string of the molecule is CCCCCCCCCCCCCC=CC(OC(C)OCC)C(COC(C)OCC)OS(C)(=O)=O. The Kier molecular flexibility index (Phi) is 22.3. The lowest BCUT2D eigenvalue weighted by atomic mass is 10.0. The van der Waals surface area contributed by atoms with Crippen molar-refractivity contribution in [2.45, 2.75) is 136 Å². The zero-order valence-electron chi connectivity index (χ0n) is 23.3. The number of rotatable bonds is 25. The van der Waals surface area contributed by atoms with Gasteiger partial charge in [-0.25, -0.2) is 0 Å². The predicted octanol–water partition coefficient (Wildman–Crippen LogP) is 6.76. The van der Waals surface area contributed by atoms with Crippen LogP contribution < -0.4 is 0 Å².